The van der Waals surface area contributed by atoms with Crippen molar-refractivity contribution < 1.29 is 18.0 Å². The molecule has 0 bridgehead atoms. The van der Waals surface area contributed by atoms with Gasteiger partial charge in [0.2, 0.25) is 5.91 Å². The second kappa shape index (κ2) is 5.21. The predicted molar refractivity (Wildman–Crippen MR) is 55.7 cm³/mol. The van der Waals surface area contributed by atoms with Gasteiger partial charge in [-0.3, -0.25) is 4.79 Å². The van der Waals surface area contributed by atoms with Crippen molar-refractivity contribution in [3.8, 4) is 0 Å². The van der Waals surface area contributed by atoms with Crippen LogP contribution in [-0.4, -0.2) is 18.5 Å². The maximum atomic E-state index is 12.9. The summed E-state index contributed by atoms with van der Waals surface area (Å²) in [5, 5.41) is 2.38. The fourth-order valence-electron chi connectivity index (χ4n) is 1.07. The van der Waals surface area contributed by atoms with Gasteiger partial charge in [0.25, 0.3) is 0 Å². The van der Waals surface area contributed by atoms with E-state index in [9.17, 15) is 18.0 Å². The molecule has 0 unspecified atom stereocenters. The number of nitrogens with one attached hydrogen (secondary N) is 1. The zero-order chi connectivity index (χ0) is 12.2. The lowest BCUT2D eigenvalue weighted by Crippen LogP contribution is -2.16. The molecule has 0 aliphatic carbocycles. The number of anilines is 1. The number of carbonyl (C=O) groups excluding carboxylic acids is 1. The Hall–Kier alpha value is -1.23. The van der Waals surface area contributed by atoms with Crippen molar-refractivity contribution in [1.29, 1.82) is 0 Å². The monoisotopic (exact) mass is 251 g/mol. The molecule has 0 heterocycles. The van der Waals surface area contributed by atoms with E-state index in [2.05, 4.69) is 5.32 Å². The Morgan fingerprint density at radius 3 is 2.31 bits per heavy atom. The number of carbonyl (C=O) groups is 1. The van der Waals surface area contributed by atoms with E-state index in [-0.39, 0.29) is 5.88 Å². The molecule has 0 aromatic heterocycles. The second-order valence-corrected chi connectivity index (χ2v) is 3.36. The van der Waals surface area contributed by atoms with Crippen molar-refractivity contribution in [3.05, 3.63) is 29.8 Å². The standard InChI is InChI=1S/C10H9ClF3NO/c11-5-9(16)15-8-3-1-7(2-4-8)10(13,14)6-12/h1-4H,5-6H2,(H,15,16). The molecule has 1 amide bonds. The van der Waals surface area contributed by atoms with Gasteiger partial charge in [0.05, 0.1) is 0 Å². The molecule has 0 spiro atoms. The maximum Gasteiger partial charge on any atom is 0.301 e. The van der Waals surface area contributed by atoms with Gasteiger partial charge in [-0.2, -0.15) is 8.78 Å². The summed E-state index contributed by atoms with van der Waals surface area (Å²) in [6, 6.07) is 4.65. The Labute approximate surface area is 95.4 Å². The number of alkyl halides is 4. The van der Waals surface area contributed by atoms with Crippen LogP contribution in [0, 0.1) is 0 Å². The summed E-state index contributed by atoms with van der Waals surface area (Å²) < 4.78 is 37.7. The Morgan fingerprint density at radius 2 is 1.88 bits per heavy atom. The molecule has 1 aromatic rings. The summed E-state index contributed by atoms with van der Waals surface area (Å²) in [5.41, 5.74) is -0.0945. The van der Waals surface area contributed by atoms with Gasteiger partial charge in [0, 0.05) is 11.3 Å². The van der Waals surface area contributed by atoms with Gasteiger partial charge in [-0.15, -0.1) is 11.6 Å². The molecule has 2 nitrogen and oxygen atoms in total. The van der Waals surface area contributed by atoms with Gasteiger partial charge in [-0.05, 0) is 12.1 Å². The molecule has 0 atom stereocenters. The van der Waals surface area contributed by atoms with Crippen molar-refractivity contribution >= 4 is 23.2 Å². The fraction of sp³-hybridized carbons (Fsp3) is 0.300. The number of benzene rings is 1. The van der Waals surface area contributed by atoms with E-state index in [1.165, 1.54) is 12.1 Å². The first-order valence-electron chi connectivity index (χ1n) is 4.40. The average molecular weight is 252 g/mol. The van der Waals surface area contributed by atoms with Crippen LogP contribution in [-0.2, 0) is 10.7 Å². The minimum absolute atomic E-state index is 0.220. The van der Waals surface area contributed by atoms with Crippen molar-refractivity contribution in [3.63, 3.8) is 0 Å². The summed E-state index contributed by atoms with van der Waals surface area (Å²) in [6.45, 7) is -1.75. The van der Waals surface area contributed by atoms with Crippen LogP contribution in [0.2, 0.25) is 0 Å². The Kier molecular flexibility index (Phi) is 4.18. The maximum absolute atomic E-state index is 12.9. The summed E-state index contributed by atoms with van der Waals surface area (Å²) >= 11 is 5.25. The molecule has 0 saturated heterocycles. The summed E-state index contributed by atoms with van der Waals surface area (Å²) in [6.07, 6.45) is 0. The minimum atomic E-state index is -3.49. The molecular weight excluding hydrogens is 243 g/mol. The zero-order valence-electron chi connectivity index (χ0n) is 8.14. The third kappa shape index (κ3) is 3.13. The van der Waals surface area contributed by atoms with E-state index in [0.717, 1.165) is 12.1 Å². The Bertz CT molecular complexity index is 367. The highest BCUT2D eigenvalue weighted by atomic mass is 35.5. The normalized spacial score (nSPS) is 11.2. The summed E-state index contributed by atoms with van der Waals surface area (Å²) in [4.78, 5) is 10.9. The summed E-state index contributed by atoms with van der Waals surface area (Å²) in [7, 11) is 0. The number of hydrogen-bond acceptors (Lipinski definition) is 1. The zero-order valence-corrected chi connectivity index (χ0v) is 8.90. The van der Waals surface area contributed by atoms with Gasteiger partial charge in [-0.1, -0.05) is 12.1 Å². The van der Waals surface area contributed by atoms with Crippen LogP contribution in [0.5, 0.6) is 0 Å². The number of rotatable bonds is 4. The van der Waals surface area contributed by atoms with Gasteiger partial charge in [0.1, 0.15) is 5.88 Å². The van der Waals surface area contributed by atoms with Crippen molar-refractivity contribution in [1.82, 2.24) is 0 Å². The molecule has 0 fully saturated rings. The minimum Gasteiger partial charge on any atom is -0.325 e. The van der Waals surface area contributed by atoms with Crippen LogP contribution in [0.3, 0.4) is 0 Å². The first-order chi connectivity index (χ1) is 7.49. The second-order valence-electron chi connectivity index (χ2n) is 3.10. The molecule has 88 valence electrons. The fourth-order valence-corrected chi connectivity index (χ4v) is 1.14. The number of amides is 1. The molecule has 6 heteroatoms. The largest absolute Gasteiger partial charge is 0.325 e. The average Bonchev–Trinajstić information content (AvgIpc) is 2.29. The molecule has 0 aliphatic rings. The number of hydrogen-bond donors (Lipinski definition) is 1. The van der Waals surface area contributed by atoms with Gasteiger partial charge in [-0.25, -0.2) is 4.39 Å². The first kappa shape index (κ1) is 12.8. The van der Waals surface area contributed by atoms with Crippen molar-refractivity contribution in [2.45, 2.75) is 5.92 Å². The Morgan fingerprint density at radius 1 is 1.31 bits per heavy atom. The first-order valence-corrected chi connectivity index (χ1v) is 4.93. The molecule has 1 aromatic carbocycles. The van der Waals surface area contributed by atoms with Crippen LogP contribution in [0.4, 0.5) is 18.9 Å². The topological polar surface area (TPSA) is 29.1 Å². The van der Waals surface area contributed by atoms with Crippen LogP contribution in [0.25, 0.3) is 0 Å². The lowest BCUT2D eigenvalue weighted by Gasteiger charge is -2.12. The van der Waals surface area contributed by atoms with Crippen LogP contribution in [0.15, 0.2) is 24.3 Å². The highest BCUT2D eigenvalue weighted by Crippen LogP contribution is 2.29. The number of halogens is 4. The third-order valence-electron chi connectivity index (χ3n) is 1.88. The van der Waals surface area contributed by atoms with E-state index in [1.807, 2.05) is 0 Å². The van der Waals surface area contributed by atoms with Gasteiger partial charge < -0.3 is 5.32 Å². The molecule has 0 aliphatic heterocycles. The van der Waals surface area contributed by atoms with Gasteiger partial charge >= 0.3 is 5.92 Å². The van der Waals surface area contributed by atoms with Crippen LogP contribution in [0.1, 0.15) is 5.56 Å². The lowest BCUT2D eigenvalue weighted by molar-refractivity contribution is -0.113. The highest BCUT2D eigenvalue weighted by molar-refractivity contribution is 6.29. The van der Waals surface area contributed by atoms with Crippen molar-refractivity contribution in [2.24, 2.45) is 0 Å². The van der Waals surface area contributed by atoms with E-state index in [0.29, 0.717) is 5.69 Å². The summed E-state index contributed by atoms with van der Waals surface area (Å²) in [5.74, 6) is -4.15. The molecule has 1 N–H and O–H groups in total. The van der Waals surface area contributed by atoms with Gasteiger partial charge in [0.15, 0.2) is 6.67 Å². The molecule has 0 radical (unpaired) electrons. The molecule has 0 saturated carbocycles. The SMILES string of the molecule is O=C(CCl)Nc1ccc(C(F)(F)CF)cc1. The van der Waals surface area contributed by atoms with Crippen LogP contribution < -0.4 is 5.32 Å². The quantitative estimate of drug-likeness (QED) is 0.819. The lowest BCUT2D eigenvalue weighted by atomic mass is 10.1. The third-order valence-corrected chi connectivity index (χ3v) is 2.12. The molecule has 1 rings (SSSR count). The van der Waals surface area contributed by atoms with Crippen LogP contribution >= 0.6 is 11.6 Å². The van der Waals surface area contributed by atoms with E-state index >= 15 is 0 Å². The molecule has 16 heavy (non-hydrogen) atoms. The Balaban J connectivity index is 2.79. The van der Waals surface area contributed by atoms with Crippen molar-refractivity contribution in [2.75, 3.05) is 17.9 Å². The highest BCUT2D eigenvalue weighted by Gasteiger charge is 2.31. The smallest absolute Gasteiger partial charge is 0.301 e. The van der Waals surface area contributed by atoms with E-state index in [1.54, 1.807) is 0 Å². The van der Waals surface area contributed by atoms with E-state index < -0.39 is 24.1 Å². The van der Waals surface area contributed by atoms with E-state index in [4.69, 9.17) is 11.6 Å². The predicted octanol–water partition coefficient (Wildman–Crippen LogP) is 2.93. The molecular formula is C10H9ClF3NO.